The van der Waals surface area contributed by atoms with E-state index in [1.165, 1.54) is 24.4 Å². The molecule has 1 aliphatic carbocycles. The van der Waals surface area contributed by atoms with Crippen LogP contribution in [0.5, 0.6) is 0 Å². The summed E-state index contributed by atoms with van der Waals surface area (Å²) in [6.45, 7) is 0.570. The monoisotopic (exact) mass is 358 g/mol. The fraction of sp³-hybridized carbons (Fsp3) is 0.316. The van der Waals surface area contributed by atoms with Crippen LogP contribution < -0.4 is 5.73 Å². The number of aryl methyl sites for hydroxylation is 1. The molecule has 0 bridgehead atoms. The minimum Gasteiger partial charge on any atom is -0.330 e. The van der Waals surface area contributed by atoms with Gasteiger partial charge in [-0.2, -0.15) is 0 Å². The predicted octanol–water partition coefficient (Wildman–Crippen LogP) is 3.44. The molecule has 25 heavy (non-hydrogen) atoms. The number of nitrogens with zero attached hydrogens (tertiary/aromatic N) is 1. The number of sulfone groups is 1. The molecule has 1 aliphatic heterocycles. The maximum absolute atomic E-state index is 13.6. The molecule has 1 heterocycles. The van der Waals surface area contributed by atoms with Crippen LogP contribution in [0.1, 0.15) is 40.7 Å². The molecule has 0 saturated carbocycles. The Balaban J connectivity index is 1.76. The molecule has 6 heteroatoms. The first-order valence-corrected chi connectivity index (χ1v) is 9.96. The largest absolute Gasteiger partial charge is 0.330 e. The summed E-state index contributed by atoms with van der Waals surface area (Å²) in [5.41, 5.74) is 8.95. The van der Waals surface area contributed by atoms with Gasteiger partial charge in [0, 0.05) is 11.8 Å². The number of halogens is 1. The summed E-state index contributed by atoms with van der Waals surface area (Å²) in [5.74, 6) is -0.163. The first-order chi connectivity index (χ1) is 12.0. The Hall–Kier alpha value is -2.05. The van der Waals surface area contributed by atoms with Gasteiger partial charge in [-0.3, -0.25) is 4.99 Å². The van der Waals surface area contributed by atoms with Crippen LogP contribution in [0.2, 0.25) is 0 Å². The first-order valence-electron chi connectivity index (χ1n) is 8.41. The third-order valence-corrected chi connectivity index (χ3v) is 7.10. The molecule has 4 nitrogen and oxygen atoms in total. The van der Waals surface area contributed by atoms with Crippen LogP contribution in [0.25, 0.3) is 0 Å². The van der Waals surface area contributed by atoms with Gasteiger partial charge in [0.1, 0.15) is 11.1 Å². The van der Waals surface area contributed by atoms with Crippen molar-refractivity contribution in [2.45, 2.75) is 35.3 Å². The highest BCUT2D eigenvalue weighted by atomic mass is 32.2. The molecule has 1 unspecified atom stereocenters. The van der Waals surface area contributed by atoms with Crippen molar-refractivity contribution in [1.82, 2.24) is 0 Å². The van der Waals surface area contributed by atoms with Crippen LogP contribution in [0.3, 0.4) is 0 Å². The standard InChI is InChI=1S/C19H19FN2O2S/c20-14-4-7-18-17(9-14)19(11-22-18)25(23,24)15-5-6-16-12(8-15)2-1-3-13(16)10-21/h4-9,11,13,19H,1-3,10,21H2/t13-,19?/m0/s1. The van der Waals surface area contributed by atoms with Crippen molar-refractivity contribution in [3.05, 3.63) is 58.9 Å². The molecule has 0 aromatic heterocycles. The lowest BCUT2D eigenvalue weighted by atomic mass is 9.83. The van der Waals surface area contributed by atoms with E-state index in [0.717, 1.165) is 30.4 Å². The lowest BCUT2D eigenvalue weighted by Gasteiger charge is -2.25. The maximum atomic E-state index is 13.6. The highest BCUT2D eigenvalue weighted by Crippen LogP contribution is 2.40. The zero-order valence-electron chi connectivity index (χ0n) is 13.7. The van der Waals surface area contributed by atoms with Crippen LogP contribution in [0.15, 0.2) is 46.3 Å². The molecule has 0 spiro atoms. The minimum absolute atomic E-state index is 0.262. The van der Waals surface area contributed by atoms with Crippen LogP contribution in [-0.4, -0.2) is 21.2 Å². The summed E-state index contributed by atoms with van der Waals surface area (Å²) in [4.78, 5) is 4.40. The number of fused-ring (bicyclic) bond motifs is 2. The van der Waals surface area contributed by atoms with Crippen molar-refractivity contribution >= 4 is 21.7 Å². The number of benzene rings is 2. The van der Waals surface area contributed by atoms with Gasteiger partial charge in [-0.1, -0.05) is 6.07 Å². The molecule has 0 fully saturated rings. The SMILES string of the molecule is NC[C@@H]1CCCc2cc(S(=O)(=O)C3C=Nc4ccc(F)cc43)ccc21. The van der Waals surface area contributed by atoms with E-state index in [-0.39, 0.29) is 4.90 Å². The van der Waals surface area contributed by atoms with E-state index in [2.05, 4.69) is 4.99 Å². The Morgan fingerprint density at radius 3 is 2.80 bits per heavy atom. The van der Waals surface area contributed by atoms with Gasteiger partial charge in [-0.05, 0) is 73.2 Å². The molecule has 4 rings (SSSR count). The van der Waals surface area contributed by atoms with Crippen molar-refractivity contribution in [1.29, 1.82) is 0 Å². The summed E-state index contributed by atoms with van der Waals surface area (Å²) in [5, 5.41) is -0.940. The van der Waals surface area contributed by atoms with Crippen LogP contribution in [0, 0.1) is 5.82 Å². The number of nitrogens with two attached hydrogens (primary N) is 1. The van der Waals surface area contributed by atoms with Gasteiger partial charge in [0.25, 0.3) is 0 Å². The smallest absolute Gasteiger partial charge is 0.190 e. The summed E-state index contributed by atoms with van der Waals surface area (Å²) in [6.07, 6.45) is 4.30. The summed E-state index contributed by atoms with van der Waals surface area (Å²) in [6, 6.07) is 9.35. The average Bonchev–Trinajstić information content (AvgIpc) is 3.04. The molecule has 0 radical (unpaired) electrons. The molecular weight excluding hydrogens is 339 g/mol. The molecule has 130 valence electrons. The van der Waals surface area contributed by atoms with Gasteiger partial charge >= 0.3 is 0 Å². The number of rotatable bonds is 3. The third kappa shape index (κ3) is 2.69. The molecule has 0 saturated heterocycles. The van der Waals surface area contributed by atoms with Gasteiger partial charge in [0.2, 0.25) is 0 Å². The Morgan fingerprint density at radius 2 is 2.00 bits per heavy atom. The third-order valence-electron chi connectivity index (χ3n) is 5.15. The van der Waals surface area contributed by atoms with Gasteiger partial charge in [-0.25, -0.2) is 12.8 Å². The van der Waals surface area contributed by atoms with E-state index < -0.39 is 20.9 Å². The van der Waals surface area contributed by atoms with E-state index in [4.69, 9.17) is 5.73 Å². The topological polar surface area (TPSA) is 72.5 Å². The van der Waals surface area contributed by atoms with Gasteiger partial charge in [-0.15, -0.1) is 0 Å². The fourth-order valence-corrected chi connectivity index (χ4v) is 5.41. The number of hydrogen-bond donors (Lipinski definition) is 1. The Morgan fingerprint density at radius 1 is 1.16 bits per heavy atom. The van der Waals surface area contributed by atoms with Gasteiger partial charge in [0.15, 0.2) is 9.84 Å². The normalized spacial score (nSPS) is 21.8. The molecule has 2 aromatic rings. The quantitative estimate of drug-likeness (QED) is 0.913. The number of aliphatic imine (C=N–C) groups is 1. The van der Waals surface area contributed by atoms with E-state index >= 15 is 0 Å². The summed E-state index contributed by atoms with van der Waals surface area (Å²) >= 11 is 0. The van der Waals surface area contributed by atoms with E-state index in [1.54, 1.807) is 12.1 Å². The number of hydrogen-bond acceptors (Lipinski definition) is 4. The zero-order valence-corrected chi connectivity index (χ0v) is 14.5. The van der Waals surface area contributed by atoms with Crippen molar-refractivity contribution < 1.29 is 12.8 Å². The first kappa shape index (κ1) is 16.4. The molecule has 2 N–H and O–H groups in total. The second kappa shape index (κ2) is 6.04. The molecule has 2 atom stereocenters. The highest BCUT2D eigenvalue weighted by molar-refractivity contribution is 7.92. The Kier molecular flexibility index (Phi) is 3.96. The lowest BCUT2D eigenvalue weighted by Crippen LogP contribution is -2.19. The van der Waals surface area contributed by atoms with E-state index in [1.807, 2.05) is 6.07 Å². The second-order valence-electron chi connectivity index (χ2n) is 6.63. The van der Waals surface area contributed by atoms with Crippen molar-refractivity contribution in [3.8, 4) is 0 Å². The molecule has 0 amide bonds. The van der Waals surface area contributed by atoms with Crippen molar-refractivity contribution in [2.24, 2.45) is 10.7 Å². The highest BCUT2D eigenvalue weighted by Gasteiger charge is 2.34. The minimum atomic E-state index is -3.67. The predicted molar refractivity (Wildman–Crippen MR) is 95.7 cm³/mol. The molecule has 2 aliphatic rings. The van der Waals surface area contributed by atoms with Gasteiger partial charge < -0.3 is 5.73 Å². The van der Waals surface area contributed by atoms with Crippen LogP contribution >= 0.6 is 0 Å². The summed E-state index contributed by atoms with van der Waals surface area (Å²) in [7, 11) is -3.67. The van der Waals surface area contributed by atoms with Crippen molar-refractivity contribution in [3.63, 3.8) is 0 Å². The van der Waals surface area contributed by atoms with E-state index in [9.17, 15) is 12.8 Å². The zero-order chi connectivity index (χ0) is 17.6. The second-order valence-corrected chi connectivity index (χ2v) is 8.70. The van der Waals surface area contributed by atoms with E-state index in [0.29, 0.717) is 23.7 Å². The maximum Gasteiger partial charge on any atom is 0.190 e. The fourth-order valence-electron chi connectivity index (χ4n) is 3.81. The molecular formula is C19H19FN2O2S. The molecule has 2 aromatic carbocycles. The lowest BCUT2D eigenvalue weighted by molar-refractivity contribution is 0.558. The van der Waals surface area contributed by atoms with Gasteiger partial charge in [0.05, 0.1) is 10.6 Å². The van der Waals surface area contributed by atoms with Crippen LogP contribution in [0.4, 0.5) is 10.1 Å². The van der Waals surface area contributed by atoms with Crippen LogP contribution in [-0.2, 0) is 16.3 Å². The van der Waals surface area contributed by atoms with Crippen molar-refractivity contribution in [2.75, 3.05) is 6.54 Å². The Bertz CT molecular complexity index is 969. The average molecular weight is 358 g/mol. The summed E-state index contributed by atoms with van der Waals surface area (Å²) < 4.78 is 39.8. The Labute approximate surface area is 146 Å².